The topological polar surface area (TPSA) is 41.1 Å². The van der Waals surface area contributed by atoms with E-state index < -0.39 is 7.29 Å². The Morgan fingerprint density at radius 2 is 1.57 bits per heavy atom. The number of benzene rings is 2. The molecule has 1 aliphatic heterocycles. The van der Waals surface area contributed by atoms with E-state index in [4.69, 9.17) is 0 Å². The van der Waals surface area contributed by atoms with Crippen molar-refractivity contribution in [1.82, 2.24) is 10.4 Å². The second-order valence-electron chi connectivity index (χ2n) is 5.44. The summed E-state index contributed by atoms with van der Waals surface area (Å²) in [6.07, 6.45) is 2.35. The van der Waals surface area contributed by atoms with Crippen LogP contribution in [0.4, 0.5) is 0 Å². The van der Waals surface area contributed by atoms with Crippen LogP contribution in [0.15, 0.2) is 60.7 Å². The second-order valence-corrected chi connectivity index (χ2v) is 8.00. The molecule has 4 heteroatoms. The average molecular weight is 300 g/mol. The van der Waals surface area contributed by atoms with Gasteiger partial charge in [-0.15, -0.1) is 0 Å². The van der Waals surface area contributed by atoms with Crippen molar-refractivity contribution in [2.45, 2.75) is 18.9 Å². The molecule has 0 amide bonds. The first-order chi connectivity index (χ1) is 10.3. The van der Waals surface area contributed by atoms with E-state index in [0.717, 1.165) is 30.1 Å². The maximum absolute atomic E-state index is 13.6. The van der Waals surface area contributed by atoms with Crippen molar-refractivity contribution in [3.05, 3.63) is 60.7 Å². The summed E-state index contributed by atoms with van der Waals surface area (Å²) in [5, 5.41) is 8.55. The zero-order chi connectivity index (χ0) is 14.5. The lowest BCUT2D eigenvalue weighted by molar-refractivity contribution is 0.556. The molecular weight excluding hydrogens is 279 g/mol. The third-order valence-corrected chi connectivity index (χ3v) is 6.64. The van der Waals surface area contributed by atoms with Crippen LogP contribution in [0.3, 0.4) is 0 Å². The van der Waals surface area contributed by atoms with E-state index in [1.807, 2.05) is 60.7 Å². The minimum absolute atomic E-state index is 0.422. The molecule has 0 radical (unpaired) electrons. The molecule has 1 atom stereocenters. The summed E-state index contributed by atoms with van der Waals surface area (Å²) in [7, 11) is -2.77. The zero-order valence-electron chi connectivity index (χ0n) is 12.0. The molecule has 21 heavy (non-hydrogen) atoms. The Kier molecular flexibility index (Phi) is 4.54. The fraction of sp³-hybridized carbons (Fsp3) is 0.294. The number of hydrogen-bond acceptors (Lipinski definition) is 2. The fourth-order valence-electron chi connectivity index (χ4n) is 2.78. The van der Waals surface area contributed by atoms with Gasteiger partial charge in [0.15, 0.2) is 0 Å². The van der Waals surface area contributed by atoms with Gasteiger partial charge in [-0.05, 0) is 43.7 Å². The molecule has 0 aromatic heterocycles. The summed E-state index contributed by atoms with van der Waals surface area (Å²) >= 11 is 0. The van der Waals surface area contributed by atoms with Gasteiger partial charge in [0.25, 0.3) is 0 Å². The van der Waals surface area contributed by atoms with Crippen LogP contribution < -0.4 is 21.0 Å². The van der Waals surface area contributed by atoms with Crippen LogP contribution in [0.25, 0.3) is 0 Å². The minimum atomic E-state index is -2.77. The normalized spacial score (nSPS) is 18.8. The Labute approximate surface area is 126 Å². The molecule has 3 nitrogen and oxygen atoms in total. The maximum Gasteiger partial charge on any atom is 0.204 e. The Morgan fingerprint density at radius 1 is 1.00 bits per heavy atom. The van der Waals surface area contributed by atoms with E-state index in [9.17, 15) is 4.57 Å². The highest BCUT2D eigenvalue weighted by atomic mass is 31.2. The molecule has 1 aliphatic rings. The van der Waals surface area contributed by atoms with Crippen molar-refractivity contribution in [1.29, 1.82) is 0 Å². The van der Waals surface area contributed by atoms with E-state index >= 15 is 0 Å². The molecule has 1 fully saturated rings. The monoisotopic (exact) mass is 300 g/mol. The first kappa shape index (κ1) is 14.5. The third-order valence-electron chi connectivity index (χ3n) is 3.96. The van der Waals surface area contributed by atoms with Gasteiger partial charge in [-0.1, -0.05) is 36.4 Å². The Hall–Kier alpha value is -1.41. The van der Waals surface area contributed by atoms with Crippen LogP contribution in [0.2, 0.25) is 0 Å². The molecule has 2 N–H and O–H groups in total. The highest BCUT2D eigenvalue weighted by molar-refractivity contribution is 7.76. The highest BCUT2D eigenvalue weighted by Crippen LogP contribution is 2.38. The lowest BCUT2D eigenvalue weighted by atomic mass is 10.2. The Bertz CT molecular complexity index is 566. The second kappa shape index (κ2) is 6.57. The Balaban J connectivity index is 1.89. The first-order valence-electron chi connectivity index (χ1n) is 7.49. The van der Waals surface area contributed by atoms with Gasteiger partial charge in [0.2, 0.25) is 7.29 Å². The number of rotatable bonds is 5. The highest BCUT2D eigenvalue weighted by Gasteiger charge is 2.28. The standard InChI is InChI=1S/C17H21N2OP/c20-21(16-9-3-1-4-10-16,17-11-5-2-6-12-17)19-14-15-8-7-13-18-15/h1-6,9-12,15,18H,7-8,13-14H2,(H,19,20)/t15-/m0/s1. The van der Waals surface area contributed by atoms with Crippen molar-refractivity contribution in [2.75, 3.05) is 13.1 Å². The molecule has 2 aromatic rings. The summed E-state index contributed by atoms with van der Waals surface area (Å²) in [6, 6.07) is 19.9. The number of nitrogens with one attached hydrogen (secondary N) is 2. The summed E-state index contributed by atoms with van der Waals surface area (Å²) in [4.78, 5) is 0. The zero-order valence-corrected chi connectivity index (χ0v) is 12.9. The fourth-order valence-corrected chi connectivity index (χ4v) is 5.10. The van der Waals surface area contributed by atoms with Gasteiger partial charge in [-0.3, -0.25) is 9.65 Å². The average Bonchev–Trinajstić information content (AvgIpc) is 3.08. The molecule has 0 spiro atoms. The third kappa shape index (κ3) is 3.26. The molecule has 0 saturated carbocycles. The van der Waals surface area contributed by atoms with Crippen molar-refractivity contribution in [3.63, 3.8) is 0 Å². The van der Waals surface area contributed by atoms with Crippen LogP contribution in [-0.2, 0) is 4.57 Å². The van der Waals surface area contributed by atoms with Crippen LogP contribution >= 0.6 is 7.29 Å². The van der Waals surface area contributed by atoms with E-state index in [-0.39, 0.29) is 0 Å². The molecule has 0 aliphatic carbocycles. The van der Waals surface area contributed by atoms with Gasteiger partial charge in [-0.2, -0.15) is 0 Å². The van der Waals surface area contributed by atoms with Crippen molar-refractivity contribution < 1.29 is 4.57 Å². The predicted octanol–water partition coefficient (Wildman–Crippen LogP) is 2.26. The van der Waals surface area contributed by atoms with Gasteiger partial charge < -0.3 is 5.32 Å². The van der Waals surface area contributed by atoms with E-state index in [2.05, 4.69) is 10.4 Å². The quantitative estimate of drug-likeness (QED) is 0.832. The molecule has 0 unspecified atom stereocenters. The molecule has 2 aromatic carbocycles. The van der Waals surface area contributed by atoms with Gasteiger partial charge in [0, 0.05) is 23.2 Å². The summed E-state index contributed by atoms with van der Waals surface area (Å²) < 4.78 is 13.6. The van der Waals surface area contributed by atoms with Gasteiger partial charge in [0.1, 0.15) is 0 Å². The maximum atomic E-state index is 13.6. The van der Waals surface area contributed by atoms with Crippen molar-refractivity contribution >= 4 is 17.9 Å². The number of hydrogen-bond donors (Lipinski definition) is 2. The van der Waals surface area contributed by atoms with Crippen LogP contribution in [-0.4, -0.2) is 19.1 Å². The van der Waals surface area contributed by atoms with Crippen molar-refractivity contribution in [2.24, 2.45) is 0 Å². The SMILES string of the molecule is O=P(NC[C@@H]1CCCN1)(c1ccccc1)c1ccccc1. The van der Waals surface area contributed by atoms with Crippen LogP contribution in [0, 0.1) is 0 Å². The Morgan fingerprint density at radius 3 is 2.05 bits per heavy atom. The molecule has 1 heterocycles. The molecule has 0 bridgehead atoms. The summed E-state index contributed by atoms with van der Waals surface area (Å²) in [5.74, 6) is 0. The van der Waals surface area contributed by atoms with Gasteiger partial charge in [-0.25, -0.2) is 0 Å². The molecule has 3 rings (SSSR count). The van der Waals surface area contributed by atoms with E-state index in [0.29, 0.717) is 6.04 Å². The van der Waals surface area contributed by atoms with Gasteiger partial charge >= 0.3 is 0 Å². The van der Waals surface area contributed by atoms with Crippen LogP contribution in [0.5, 0.6) is 0 Å². The minimum Gasteiger partial charge on any atom is -0.313 e. The van der Waals surface area contributed by atoms with Crippen molar-refractivity contribution in [3.8, 4) is 0 Å². The smallest absolute Gasteiger partial charge is 0.204 e. The van der Waals surface area contributed by atoms with Crippen LogP contribution in [0.1, 0.15) is 12.8 Å². The molecule has 1 saturated heterocycles. The molecule has 110 valence electrons. The lowest BCUT2D eigenvalue weighted by Crippen LogP contribution is -2.37. The molecular formula is C17H21N2OP. The predicted molar refractivity (Wildman–Crippen MR) is 88.8 cm³/mol. The summed E-state index contributed by atoms with van der Waals surface area (Å²) in [6.45, 7) is 1.80. The first-order valence-corrected chi connectivity index (χ1v) is 9.19. The van der Waals surface area contributed by atoms with E-state index in [1.165, 1.54) is 6.42 Å². The van der Waals surface area contributed by atoms with E-state index in [1.54, 1.807) is 0 Å². The lowest BCUT2D eigenvalue weighted by Gasteiger charge is -2.22. The van der Waals surface area contributed by atoms with Gasteiger partial charge in [0.05, 0.1) is 0 Å². The largest absolute Gasteiger partial charge is 0.313 e. The summed E-state index contributed by atoms with van der Waals surface area (Å²) in [5.41, 5.74) is 0.